The molecule has 0 saturated carbocycles. The van der Waals surface area contributed by atoms with E-state index in [4.69, 9.17) is 11.5 Å². The molecule has 3 rings (SSSR count). The zero-order valence-corrected chi connectivity index (χ0v) is 14.0. The Morgan fingerprint density at radius 1 is 1.28 bits per heavy atom. The number of amides is 2. The molecule has 0 aromatic carbocycles. The van der Waals surface area contributed by atoms with Crippen molar-refractivity contribution in [3.8, 4) is 11.1 Å². The molecule has 7 heteroatoms. The summed E-state index contributed by atoms with van der Waals surface area (Å²) in [7, 11) is 1.71. The van der Waals surface area contributed by atoms with Crippen molar-refractivity contribution in [2.75, 3.05) is 18.5 Å². The smallest absolute Gasteiger partial charge is 0.320 e. The molecule has 3 heterocycles. The average molecular weight is 336 g/mol. The normalized spacial score (nSPS) is 14.6. The van der Waals surface area contributed by atoms with Crippen LogP contribution in [0.25, 0.3) is 11.1 Å². The van der Waals surface area contributed by atoms with Crippen LogP contribution in [0, 0.1) is 0 Å². The molecule has 2 aromatic rings. The molecule has 0 atom stereocenters. The average Bonchev–Trinajstić information content (AvgIpc) is 2.65. The van der Waals surface area contributed by atoms with Crippen molar-refractivity contribution >= 4 is 17.6 Å². The van der Waals surface area contributed by atoms with Crippen molar-refractivity contribution in [3.05, 3.63) is 54.1 Å². The van der Waals surface area contributed by atoms with Gasteiger partial charge in [-0.25, -0.2) is 9.78 Å². The number of hydrogen-bond acceptors (Lipinski definition) is 5. The van der Waals surface area contributed by atoms with Crippen molar-refractivity contribution in [3.63, 3.8) is 0 Å². The van der Waals surface area contributed by atoms with Gasteiger partial charge in [-0.15, -0.1) is 0 Å². The Kier molecular flexibility index (Phi) is 4.74. The third kappa shape index (κ3) is 3.35. The lowest BCUT2D eigenvalue weighted by Gasteiger charge is -2.26. The Bertz CT molecular complexity index is 858. The van der Waals surface area contributed by atoms with E-state index in [0.717, 1.165) is 40.8 Å². The first kappa shape index (κ1) is 16.6. The molecule has 1 aliphatic rings. The Labute approximate surface area is 146 Å². The molecule has 0 radical (unpaired) electrons. The fraction of sp³-hybridized carbons (Fsp3) is 0.222. The number of hydrogen-bond donors (Lipinski definition) is 2. The summed E-state index contributed by atoms with van der Waals surface area (Å²) in [4.78, 5) is 26.1. The fourth-order valence-electron chi connectivity index (χ4n) is 2.96. The van der Waals surface area contributed by atoms with Gasteiger partial charge in [0.25, 0.3) is 0 Å². The largest absolute Gasteiger partial charge is 0.405 e. The molecule has 0 spiro atoms. The first-order valence-electron chi connectivity index (χ1n) is 8.00. The lowest BCUT2D eigenvalue weighted by molar-refractivity contribution is 0.253. The molecule has 0 unspecified atom stereocenters. The molecule has 0 saturated heterocycles. The summed E-state index contributed by atoms with van der Waals surface area (Å²) in [5.41, 5.74) is 15.4. The summed E-state index contributed by atoms with van der Waals surface area (Å²) in [5.74, 6) is 0.647. The Morgan fingerprint density at radius 2 is 2.08 bits per heavy atom. The molecule has 25 heavy (non-hydrogen) atoms. The van der Waals surface area contributed by atoms with E-state index in [9.17, 15) is 4.79 Å². The molecular formula is C18H20N6O. The Balaban J connectivity index is 2.00. The second kappa shape index (κ2) is 7.12. The van der Waals surface area contributed by atoms with E-state index in [1.807, 2.05) is 12.1 Å². The van der Waals surface area contributed by atoms with Gasteiger partial charge in [-0.2, -0.15) is 0 Å². The second-order valence-corrected chi connectivity index (χ2v) is 5.73. The van der Waals surface area contributed by atoms with Gasteiger partial charge in [-0.05, 0) is 42.8 Å². The predicted molar refractivity (Wildman–Crippen MR) is 98.5 cm³/mol. The van der Waals surface area contributed by atoms with Gasteiger partial charge in [0.1, 0.15) is 5.82 Å². The highest BCUT2D eigenvalue weighted by atomic mass is 16.2. The summed E-state index contributed by atoms with van der Waals surface area (Å²) in [6, 6.07) is 3.56. The summed E-state index contributed by atoms with van der Waals surface area (Å²) in [6.07, 6.45) is 10.2. The highest BCUT2D eigenvalue weighted by Gasteiger charge is 2.22. The number of fused-ring (bicyclic) bond motifs is 1. The van der Waals surface area contributed by atoms with Gasteiger partial charge in [0.05, 0.1) is 5.71 Å². The van der Waals surface area contributed by atoms with Crippen LogP contribution in [0.2, 0.25) is 0 Å². The summed E-state index contributed by atoms with van der Waals surface area (Å²) >= 11 is 0. The van der Waals surface area contributed by atoms with Crippen LogP contribution >= 0.6 is 0 Å². The minimum Gasteiger partial charge on any atom is -0.405 e. The number of carbonyl (C=O) groups excluding carboxylic acids is 1. The maximum absolute atomic E-state index is 11.6. The van der Waals surface area contributed by atoms with Crippen LogP contribution in [0.5, 0.6) is 0 Å². The van der Waals surface area contributed by atoms with E-state index in [0.29, 0.717) is 12.4 Å². The van der Waals surface area contributed by atoms with Crippen molar-refractivity contribution in [1.82, 2.24) is 9.97 Å². The molecule has 128 valence electrons. The molecule has 0 bridgehead atoms. The molecule has 0 fully saturated rings. The summed E-state index contributed by atoms with van der Waals surface area (Å²) < 4.78 is 0. The minimum absolute atomic E-state index is 0.470. The van der Waals surface area contributed by atoms with Crippen LogP contribution in [0.15, 0.2) is 48.0 Å². The highest BCUT2D eigenvalue weighted by Crippen LogP contribution is 2.29. The van der Waals surface area contributed by atoms with E-state index in [1.54, 1.807) is 31.7 Å². The summed E-state index contributed by atoms with van der Waals surface area (Å²) in [5, 5.41) is 0. The van der Waals surface area contributed by atoms with E-state index < -0.39 is 6.03 Å². The van der Waals surface area contributed by atoms with Gasteiger partial charge in [0, 0.05) is 48.9 Å². The number of aliphatic imine (C=N–C) groups is 1. The molecule has 0 aliphatic carbocycles. The van der Waals surface area contributed by atoms with Gasteiger partial charge in [0.2, 0.25) is 0 Å². The van der Waals surface area contributed by atoms with Crippen LogP contribution < -0.4 is 16.4 Å². The number of urea groups is 1. The first-order chi connectivity index (χ1) is 12.1. The van der Waals surface area contributed by atoms with Gasteiger partial charge < -0.3 is 11.5 Å². The molecule has 7 nitrogen and oxygen atoms in total. The number of primary amides is 1. The monoisotopic (exact) mass is 336 g/mol. The number of anilines is 1. The maximum atomic E-state index is 11.6. The highest BCUT2D eigenvalue weighted by molar-refractivity contribution is 6.08. The van der Waals surface area contributed by atoms with Crippen molar-refractivity contribution in [2.24, 2.45) is 16.5 Å². The molecule has 2 aromatic heterocycles. The van der Waals surface area contributed by atoms with E-state index in [2.05, 4.69) is 15.0 Å². The van der Waals surface area contributed by atoms with Crippen molar-refractivity contribution in [1.29, 1.82) is 0 Å². The topological polar surface area (TPSA) is 110 Å². The fourth-order valence-corrected chi connectivity index (χ4v) is 2.96. The third-order valence-electron chi connectivity index (χ3n) is 4.15. The number of aryl methyl sites for hydroxylation is 1. The van der Waals surface area contributed by atoms with E-state index >= 15 is 0 Å². The standard InChI is InChI=1S/C18H20N6O/c1-21-16(4-5-19)15-8-13(9-22-10-15)14-7-12-3-2-6-24(18(20)25)17(12)23-11-14/h4-5,7-11H,2-3,6,19H2,1H3,(H2,20,25). The zero-order chi connectivity index (χ0) is 17.8. The number of rotatable bonds is 3. The zero-order valence-electron chi connectivity index (χ0n) is 14.0. The van der Waals surface area contributed by atoms with Gasteiger partial charge in [0.15, 0.2) is 0 Å². The Hall–Kier alpha value is -3.22. The number of pyridine rings is 2. The Morgan fingerprint density at radius 3 is 2.80 bits per heavy atom. The van der Waals surface area contributed by atoms with Crippen LogP contribution in [-0.4, -0.2) is 35.3 Å². The van der Waals surface area contributed by atoms with Crippen LogP contribution in [0.1, 0.15) is 17.5 Å². The number of allylic oxidation sites excluding steroid dienone is 1. The molecule has 2 amide bonds. The number of nitrogens with zero attached hydrogens (tertiary/aromatic N) is 4. The van der Waals surface area contributed by atoms with E-state index in [-0.39, 0.29) is 0 Å². The number of aromatic nitrogens is 2. The SMILES string of the molecule is CN=C(C=CN)c1cncc(-c2cnc3c(c2)CCCN3C(N)=O)c1. The molecule has 1 aliphatic heterocycles. The third-order valence-corrected chi connectivity index (χ3v) is 4.15. The van der Waals surface area contributed by atoms with Crippen LogP contribution in [-0.2, 0) is 6.42 Å². The predicted octanol–water partition coefficient (Wildman–Crippen LogP) is 1.87. The number of nitrogens with two attached hydrogens (primary N) is 2. The molecular weight excluding hydrogens is 316 g/mol. The van der Waals surface area contributed by atoms with Gasteiger partial charge >= 0.3 is 6.03 Å². The van der Waals surface area contributed by atoms with E-state index in [1.165, 1.54) is 11.1 Å². The minimum atomic E-state index is -0.470. The van der Waals surface area contributed by atoms with Crippen molar-refractivity contribution in [2.45, 2.75) is 12.8 Å². The second-order valence-electron chi connectivity index (χ2n) is 5.73. The quantitative estimate of drug-likeness (QED) is 0.833. The van der Waals surface area contributed by atoms with Crippen LogP contribution in [0.3, 0.4) is 0 Å². The summed E-state index contributed by atoms with van der Waals surface area (Å²) in [6.45, 7) is 0.605. The lowest BCUT2D eigenvalue weighted by atomic mass is 10.00. The lowest BCUT2D eigenvalue weighted by Crippen LogP contribution is -2.40. The van der Waals surface area contributed by atoms with Crippen molar-refractivity contribution < 1.29 is 4.79 Å². The maximum Gasteiger partial charge on any atom is 0.320 e. The first-order valence-corrected chi connectivity index (χ1v) is 8.00. The van der Waals surface area contributed by atoms with Crippen LogP contribution in [0.4, 0.5) is 10.6 Å². The van der Waals surface area contributed by atoms with Gasteiger partial charge in [-0.3, -0.25) is 14.9 Å². The van der Waals surface area contributed by atoms with Gasteiger partial charge in [-0.1, -0.05) is 0 Å². The number of carbonyl (C=O) groups is 1. The molecule has 4 N–H and O–H groups in total.